The highest BCUT2D eigenvalue weighted by molar-refractivity contribution is 8.12. The van der Waals surface area contributed by atoms with Crippen molar-refractivity contribution < 1.29 is 13.6 Å². The van der Waals surface area contributed by atoms with Gasteiger partial charge in [0.15, 0.2) is 0 Å². The van der Waals surface area contributed by atoms with Gasteiger partial charge in [-0.1, -0.05) is 0 Å². The molecule has 0 aliphatic heterocycles. The van der Waals surface area contributed by atoms with Crippen LogP contribution in [0.4, 0.5) is 8.78 Å². The van der Waals surface area contributed by atoms with Crippen LogP contribution in [0.15, 0.2) is 0 Å². The minimum Gasteiger partial charge on any atom is -0.277 e. The van der Waals surface area contributed by atoms with Gasteiger partial charge in [-0.3, -0.25) is 4.79 Å². The minimum atomic E-state index is -2.61. The van der Waals surface area contributed by atoms with Gasteiger partial charge < -0.3 is 0 Å². The van der Waals surface area contributed by atoms with Crippen LogP contribution in [0.5, 0.6) is 0 Å². The molecule has 0 aliphatic carbocycles. The Morgan fingerprint density at radius 2 is 2.17 bits per heavy atom. The normalized spacial score (nSPS) is 9.17. The largest absolute Gasteiger partial charge is 0.291 e. The summed E-state index contributed by atoms with van der Waals surface area (Å²) in [5.74, 6) is -2.61. The summed E-state index contributed by atoms with van der Waals surface area (Å²) in [4.78, 5) is 8.97. The summed E-state index contributed by atoms with van der Waals surface area (Å²) in [5, 5.41) is 0. The molecule has 0 aromatic carbocycles. The van der Waals surface area contributed by atoms with Crippen LogP contribution in [-0.4, -0.2) is 11.4 Å². The monoisotopic (exact) mass is 111 g/mol. The van der Waals surface area contributed by atoms with Crippen molar-refractivity contribution >= 4 is 17.4 Å². The van der Waals surface area contributed by atoms with Gasteiger partial charge in [-0.2, -0.15) is 8.78 Å². The summed E-state index contributed by atoms with van der Waals surface area (Å²) in [7, 11) is 0. The number of thioether (sulfide) groups is 1. The van der Waals surface area contributed by atoms with E-state index in [1.165, 1.54) is 0 Å². The summed E-state index contributed by atoms with van der Waals surface area (Å²) in [6, 6.07) is 0. The Hall–Kier alpha value is -0.120. The third-order valence-corrected chi connectivity index (χ3v) is 0.412. The number of carbonyl (C=O) groups excluding carboxylic acids is 1. The molecule has 0 saturated heterocycles. The minimum absolute atomic E-state index is 0.153. The maximum Gasteiger partial charge on any atom is 0.291 e. The molecule has 0 bridgehead atoms. The molecule has 0 fully saturated rings. The molecule has 35 valence electrons. The van der Waals surface area contributed by atoms with E-state index in [9.17, 15) is 8.78 Å². The fraction of sp³-hybridized carbons (Fsp3) is 0.500. The van der Waals surface area contributed by atoms with Crippen LogP contribution in [0, 0.1) is 0 Å². The van der Waals surface area contributed by atoms with E-state index < -0.39 is 5.76 Å². The van der Waals surface area contributed by atoms with Crippen LogP contribution in [0.3, 0.4) is 0 Å². The first-order valence-electron chi connectivity index (χ1n) is 1.08. The second-order valence-electron chi connectivity index (χ2n) is 0.462. The third-order valence-electron chi connectivity index (χ3n) is 0.137. The Kier molecular flexibility index (Phi) is 3.02. The molecule has 0 unspecified atom stereocenters. The molecule has 0 aromatic heterocycles. The second kappa shape index (κ2) is 3.08. The predicted molar refractivity (Wildman–Crippen MR) is 19.3 cm³/mol. The number of hydrogen-bond acceptors (Lipinski definition) is 2. The molecule has 1 radical (unpaired) electrons. The Balaban J connectivity index is 2.81. The van der Waals surface area contributed by atoms with E-state index >= 15 is 0 Å². The lowest BCUT2D eigenvalue weighted by Gasteiger charge is -1.79. The van der Waals surface area contributed by atoms with E-state index in [0.29, 0.717) is 0 Å². The molecular weight excluding hydrogens is 110 g/mol. The van der Waals surface area contributed by atoms with Crippen LogP contribution in [0.1, 0.15) is 0 Å². The van der Waals surface area contributed by atoms with Crippen molar-refractivity contribution in [1.82, 2.24) is 0 Å². The Bertz CT molecular complexity index is 46.8. The number of halogens is 2. The molecule has 0 spiro atoms. The molecular formula is C2HF2OS. The SMILES string of the molecule is O=[C]SC(F)F. The first-order chi connectivity index (χ1) is 2.77. The standard InChI is InChI=1S/C2HF2OS/c3-2(4)6-1-5/h2H. The van der Waals surface area contributed by atoms with Crippen molar-refractivity contribution in [2.45, 2.75) is 5.76 Å². The average molecular weight is 111 g/mol. The highest BCUT2D eigenvalue weighted by Crippen LogP contribution is 2.07. The van der Waals surface area contributed by atoms with Gasteiger partial charge in [-0.25, -0.2) is 0 Å². The summed E-state index contributed by atoms with van der Waals surface area (Å²) in [6.45, 7) is 0. The summed E-state index contributed by atoms with van der Waals surface area (Å²) in [6.07, 6.45) is 0. The maximum atomic E-state index is 10.7. The smallest absolute Gasteiger partial charge is 0.277 e. The first kappa shape index (κ1) is 5.88. The molecule has 6 heavy (non-hydrogen) atoms. The van der Waals surface area contributed by atoms with Gasteiger partial charge in [0.25, 0.3) is 11.4 Å². The predicted octanol–water partition coefficient (Wildman–Crippen LogP) is 1.01. The quantitative estimate of drug-likeness (QED) is 0.529. The van der Waals surface area contributed by atoms with Gasteiger partial charge >= 0.3 is 0 Å². The molecule has 1 nitrogen and oxygen atoms in total. The number of rotatable bonds is 2. The van der Waals surface area contributed by atoms with E-state index in [0.717, 1.165) is 5.62 Å². The Morgan fingerprint density at radius 1 is 1.67 bits per heavy atom. The van der Waals surface area contributed by atoms with E-state index in [1.807, 2.05) is 0 Å². The van der Waals surface area contributed by atoms with E-state index in [2.05, 4.69) is 0 Å². The van der Waals surface area contributed by atoms with Gasteiger partial charge in [0.05, 0.1) is 0 Å². The topological polar surface area (TPSA) is 17.1 Å². The summed E-state index contributed by atoms with van der Waals surface area (Å²) >= 11 is -0.153. The molecule has 0 aliphatic rings. The second-order valence-corrected chi connectivity index (χ2v) is 1.22. The van der Waals surface area contributed by atoms with Crippen LogP contribution in [0.2, 0.25) is 0 Å². The number of hydrogen-bond donors (Lipinski definition) is 0. The lowest BCUT2D eigenvalue weighted by molar-refractivity contribution is 0.253. The highest BCUT2D eigenvalue weighted by atomic mass is 32.2. The Labute approximate surface area is 37.7 Å². The van der Waals surface area contributed by atoms with Crippen molar-refractivity contribution in [3.8, 4) is 0 Å². The number of alkyl halides is 2. The van der Waals surface area contributed by atoms with Crippen molar-refractivity contribution in [3.05, 3.63) is 0 Å². The van der Waals surface area contributed by atoms with E-state index in [-0.39, 0.29) is 11.8 Å². The van der Waals surface area contributed by atoms with Crippen LogP contribution in [0.25, 0.3) is 0 Å². The van der Waals surface area contributed by atoms with Crippen LogP contribution >= 0.6 is 11.8 Å². The van der Waals surface area contributed by atoms with Crippen LogP contribution < -0.4 is 0 Å². The zero-order valence-electron chi connectivity index (χ0n) is 2.65. The zero-order chi connectivity index (χ0) is 4.99. The van der Waals surface area contributed by atoms with Gasteiger partial charge in [0, 0.05) is 0 Å². The summed E-state index contributed by atoms with van der Waals surface area (Å²) < 4.78 is 21.5. The Morgan fingerprint density at radius 3 is 2.17 bits per heavy atom. The molecule has 0 aromatic rings. The fourth-order valence-electron chi connectivity index (χ4n) is 0.0364. The molecule has 0 atom stereocenters. The molecule has 0 amide bonds. The van der Waals surface area contributed by atoms with Gasteiger partial charge in [-0.15, -0.1) is 0 Å². The van der Waals surface area contributed by atoms with E-state index in [1.54, 1.807) is 0 Å². The van der Waals surface area contributed by atoms with Crippen molar-refractivity contribution in [3.63, 3.8) is 0 Å². The molecule has 0 saturated carbocycles. The van der Waals surface area contributed by atoms with Crippen LogP contribution in [-0.2, 0) is 4.79 Å². The lowest BCUT2D eigenvalue weighted by atomic mass is 11.7. The van der Waals surface area contributed by atoms with Crippen molar-refractivity contribution in [2.24, 2.45) is 0 Å². The molecule has 0 heterocycles. The fourth-order valence-corrected chi connectivity index (χ4v) is 0.109. The van der Waals surface area contributed by atoms with E-state index in [4.69, 9.17) is 4.79 Å². The summed E-state index contributed by atoms with van der Waals surface area (Å²) in [5.41, 5.74) is 0.984. The van der Waals surface area contributed by atoms with Gasteiger partial charge in [-0.05, 0) is 11.8 Å². The van der Waals surface area contributed by atoms with Gasteiger partial charge in [0.1, 0.15) is 0 Å². The molecule has 4 heteroatoms. The van der Waals surface area contributed by atoms with Crippen molar-refractivity contribution in [1.29, 1.82) is 0 Å². The first-order valence-corrected chi connectivity index (χ1v) is 1.96. The average Bonchev–Trinajstić information content (AvgIpc) is 1.35. The molecule has 0 rings (SSSR count). The van der Waals surface area contributed by atoms with Gasteiger partial charge in [0.2, 0.25) is 0 Å². The lowest BCUT2D eigenvalue weighted by Crippen LogP contribution is -1.76. The molecule has 0 N–H and O–H groups in total. The third kappa shape index (κ3) is 3.88. The zero-order valence-corrected chi connectivity index (χ0v) is 3.47. The maximum absolute atomic E-state index is 10.7. The highest BCUT2D eigenvalue weighted by Gasteiger charge is 1.98. The van der Waals surface area contributed by atoms with Crippen molar-refractivity contribution in [2.75, 3.05) is 0 Å².